The van der Waals surface area contributed by atoms with Crippen molar-refractivity contribution in [2.24, 2.45) is 10.2 Å². The highest BCUT2D eigenvalue weighted by molar-refractivity contribution is 7.89. The van der Waals surface area contributed by atoms with E-state index in [0.29, 0.717) is 5.75 Å². The van der Waals surface area contributed by atoms with Gasteiger partial charge >= 0.3 is 0 Å². The van der Waals surface area contributed by atoms with Gasteiger partial charge in [0.05, 0.1) is 16.9 Å². The van der Waals surface area contributed by atoms with Gasteiger partial charge in [0.1, 0.15) is 11.4 Å². The topological polar surface area (TPSA) is 137 Å². The lowest BCUT2D eigenvalue weighted by Crippen LogP contribution is -2.12. The molecule has 2 aromatic rings. The Bertz CT molecular complexity index is 970. The van der Waals surface area contributed by atoms with E-state index in [1.54, 1.807) is 19.3 Å². The molecule has 0 saturated heterocycles. The second-order valence-electron chi connectivity index (χ2n) is 4.97. The van der Waals surface area contributed by atoms with E-state index in [-0.39, 0.29) is 10.6 Å². The summed E-state index contributed by atoms with van der Waals surface area (Å²) in [6.45, 7) is 0. The van der Waals surface area contributed by atoms with Gasteiger partial charge in [-0.25, -0.2) is 13.6 Å². The van der Waals surface area contributed by atoms with Crippen LogP contribution in [0, 0.1) is 10.1 Å². The van der Waals surface area contributed by atoms with Crippen LogP contribution in [0.4, 0.5) is 11.4 Å². The summed E-state index contributed by atoms with van der Waals surface area (Å²) < 4.78 is 27.8. The van der Waals surface area contributed by atoms with Gasteiger partial charge in [0.2, 0.25) is 10.0 Å². The molecule has 2 aromatic carbocycles. The van der Waals surface area contributed by atoms with Crippen molar-refractivity contribution in [3.8, 4) is 5.75 Å². The van der Waals surface area contributed by atoms with Gasteiger partial charge in [0, 0.05) is 17.8 Å². The Hall–Kier alpha value is -3.24. The van der Waals surface area contributed by atoms with Crippen molar-refractivity contribution in [1.29, 1.82) is 0 Å². The van der Waals surface area contributed by atoms with Crippen LogP contribution in [0.3, 0.4) is 0 Å². The van der Waals surface area contributed by atoms with E-state index < -0.39 is 20.6 Å². The second-order valence-corrected chi connectivity index (χ2v) is 6.53. The summed E-state index contributed by atoms with van der Waals surface area (Å²) in [4.78, 5) is 10.0. The highest BCUT2D eigenvalue weighted by Gasteiger charge is 2.18. The maximum atomic E-state index is 11.3. The summed E-state index contributed by atoms with van der Waals surface area (Å²) >= 11 is 0. The number of anilines is 1. The molecule has 10 heteroatoms. The first-order valence-corrected chi connectivity index (χ1v) is 8.77. The Morgan fingerprint density at radius 2 is 2.00 bits per heavy atom. The first kappa shape index (κ1) is 19.1. The van der Waals surface area contributed by atoms with Crippen LogP contribution in [-0.2, 0) is 10.0 Å². The smallest absolute Gasteiger partial charge is 0.295 e. The fourth-order valence-electron chi connectivity index (χ4n) is 2.03. The molecule has 0 radical (unpaired) electrons. The SMILES string of the molecule is COc1ccccc1/C=C/C=N/Nc1ccc(S(N)(=O)=O)cc1[N+](=O)[O-]. The molecule has 0 aliphatic heterocycles. The lowest BCUT2D eigenvalue weighted by molar-refractivity contribution is -0.384. The molecular weight excluding hydrogens is 360 g/mol. The van der Waals surface area contributed by atoms with Crippen molar-refractivity contribution in [3.05, 3.63) is 64.2 Å². The molecule has 0 bridgehead atoms. The molecule has 0 unspecified atom stereocenters. The molecule has 3 N–H and O–H groups in total. The minimum Gasteiger partial charge on any atom is -0.496 e. The third kappa shape index (κ3) is 4.88. The van der Waals surface area contributed by atoms with E-state index in [9.17, 15) is 18.5 Å². The molecule has 0 heterocycles. The van der Waals surface area contributed by atoms with Crippen molar-refractivity contribution in [2.45, 2.75) is 4.90 Å². The Kier molecular flexibility index (Phi) is 6.04. The summed E-state index contributed by atoms with van der Waals surface area (Å²) in [6.07, 6.45) is 4.77. The van der Waals surface area contributed by atoms with Crippen LogP contribution >= 0.6 is 0 Å². The maximum Gasteiger partial charge on any atom is 0.295 e. The Morgan fingerprint density at radius 3 is 2.65 bits per heavy atom. The first-order chi connectivity index (χ1) is 12.3. The number of nitrogens with one attached hydrogen (secondary N) is 1. The van der Waals surface area contributed by atoms with Crippen LogP contribution in [0.25, 0.3) is 6.08 Å². The third-order valence-corrected chi connectivity index (χ3v) is 4.17. The number of nitrogens with zero attached hydrogens (tertiary/aromatic N) is 2. The van der Waals surface area contributed by atoms with Gasteiger partial charge in [-0.05, 0) is 30.4 Å². The van der Waals surface area contributed by atoms with Gasteiger partial charge in [-0.15, -0.1) is 0 Å². The number of sulfonamides is 1. The highest BCUT2D eigenvalue weighted by atomic mass is 32.2. The van der Waals surface area contributed by atoms with E-state index in [1.807, 2.05) is 24.3 Å². The normalized spacial score (nSPS) is 11.8. The van der Waals surface area contributed by atoms with Gasteiger partial charge in [-0.2, -0.15) is 5.10 Å². The fraction of sp³-hybridized carbons (Fsp3) is 0.0625. The largest absolute Gasteiger partial charge is 0.496 e. The molecule has 2 rings (SSSR count). The molecule has 0 atom stereocenters. The van der Waals surface area contributed by atoms with Crippen molar-refractivity contribution in [3.63, 3.8) is 0 Å². The summed E-state index contributed by atoms with van der Waals surface area (Å²) in [5.74, 6) is 0.694. The number of nitrogens with two attached hydrogens (primary N) is 1. The Balaban J connectivity index is 2.15. The maximum absolute atomic E-state index is 11.3. The Labute approximate surface area is 150 Å². The van der Waals surface area contributed by atoms with Crippen molar-refractivity contribution < 1.29 is 18.1 Å². The van der Waals surface area contributed by atoms with E-state index >= 15 is 0 Å². The van der Waals surface area contributed by atoms with Gasteiger partial charge < -0.3 is 4.74 Å². The number of primary sulfonamides is 1. The second kappa shape index (κ2) is 8.23. The van der Waals surface area contributed by atoms with Crippen LogP contribution in [-0.4, -0.2) is 26.7 Å². The molecule has 0 aliphatic rings. The average molecular weight is 376 g/mol. The molecule has 0 aliphatic carbocycles. The quantitative estimate of drug-likeness (QED) is 0.432. The van der Waals surface area contributed by atoms with Crippen LogP contribution < -0.4 is 15.3 Å². The number of hydrazone groups is 1. The highest BCUT2D eigenvalue weighted by Crippen LogP contribution is 2.27. The fourth-order valence-corrected chi connectivity index (χ4v) is 2.57. The predicted octanol–water partition coefficient (Wildman–Crippen LogP) is 2.36. The average Bonchev–Trinajstić information content (AvgIpc) is 2.60. The number of allylic oxidation sites excluding steroid dienone is 1. The number of ether oxygens (including phenoxy) is 1. The first-order valence-electron chi connectivity index (χ1n) is 7.23. The number of benzene rings is 2. The van der Waals surface area contributed by atoms with Gasteiger partial charge in [0.15, 0.2) is 0 Å². The van der Waals surface area contributed by atoms with Crippen LogP contribution in [0.1, 0.15) is 5.56 Å². The lowest BCUT2D eigenvalue weighted by Gasteiger charge is -2.04. The van der Waals surface area contributed by atoms with Crippen molar-refractivity contribution in [2.75, 3.05) is 12.5 Å². The van der Waals surface area contributed by atoms with Gasteiger partial charge in [0.25, 0.3) is 5.69 Å². The summed E-state index contributed by atoms with van der Waals surface area (Å²) in [5.41, 5.74) is 2.91. The number of methoxy groups -OCH3 is 1. The van der Waals surface area contributed by atoms with Crippen LogP contribution in [0.2, 0.25) is 0 Å². The molecule has 9 nitrogen and oxygen atoms in total. The third-order valence-electron chi connectivity index (χ3n) is 3.25. The van der Waals surface area contributed by atoms with Crippen molar-refractivity contribution in [1.82, 2.24) is 0 Å². The van der Waals surface area contributed by atoms with E-state index in [2.05, 4.69) is 10.5 Å². The molecule has 26 heavy (non-hydrogen) atoms. The molecule has 136 valence electrons. The zero-order chi connectivity index (χ0) is 19.2. The molecule has 0 saturated carbocycles. The lowest BCUT2D eigenvalue weighted by atomic mass is 10.2. The van der Waals surface area contributed by atoms with E-state index in [1.165, 1.54) is 12.3 Å². The van der Waals surface area contributed by atoms with E-state index in [4.69, 9.17) is 9.88 Å². The van der Waals surface area contributed by atoms with Crippen LogP contribution in [0.15, 0.2) is 58.5 Å². The van der Waals surface area contributed by atoms with Crippen LogP contribution in [0.5, 0.6) is 5.75 Å². The van der Waals surface area contributed by atoms with E-state index in [0.717, 1.165) is 17.7 Å². The molecule has 0 fully saturated rings. The summed E-state index contributed by atoms with van der Waals surface area (Å²) in [6, 6.07) is 10.6. The van der Waals surface area contributed by atoms with Gasteiger partial charge in [-0.1, -0.05) is 18.2 Å². The summed E-state index contributed by atoms with van der Waals surface area (Å²) in [7, 11) is -2.47. The van der Waals surface area contributed by atoms with Crippen molar-refractivity contribution >= 4 is 33.7 Å². The predicted molar refractivity (Wildman–Crippen MR) is 98.6 cm³/mol. The Morgan fingerprint density at radius 1 is 1.27 bits per heavy atom. The monoisotopic (exact) mass is 376 g/mol. The number of hydrogen-bond donors (Lipinski definition) is 2. The zero-order valence-corrected chi connectivity index (χ0v) is 14.5. The number of para-hydroxylation sites is 1. The minimum absolute atomic E-state index is 0.0318. The molecular formula is C16H16N4O5S. The molecule has 0 amide bonds. The minimum atomic E-state index is -4.04. The number of nitro benzene ring substituents is 1. The summed E-state index contributed by atoms with van der Waals surface area (Å²) in [5, 5.41) is 19.9. The molecule has 0 spiro atoms. The zero-order valence-electron chi connectivity index (χ0n) is 13.7. The number of hydrogen-bond acceptors (Lipinski definition) is 7. The van der Waals surface area contributed by atoms with Gasteiger partial charge in [-0.3, -0.25) is 15.5 Å². The number of rotatable bonds is 7. The standard InChI is InChI=1S/C16H16N4O5S/c1-25-16-7-3-2-5-12(16)6-4-10-18-19-14-9-8-13(26(17,23)24)11-15(14)20(21)22/h2-11,19H,1H3,(H2,17,23,24)/b6-4+,18-10+. The number of nitro groups is 1. The molecule has 0 aromatic heterocycles.